The summed E-state index contributed by atoms with van der Waals surface area (Å²) < 4.78 is 10.7. The van der Waals surface area contributed by atoms with Gasteiger partial charge in [0.25, 0.3) is 0 Å². The zero-order valence-electron chi connectivity index (χ0n) is 8.16. The molecule has 3 heteroatoms. The lowest BCUT2D eigenvalue weighted by Gasteiger charge is -2.41. The number of rotatable bonds is 1. The van der Waals surface area contributed by atoms with Gasteiger partial charge in [0.2, 0.25) is 0 Å². The van der Waals surface area contributed by atoms with E-state index >= 15 is 0 Å². The first-order valence-electron chi connectivity index (χ1n) is 5.11. The molecule has 0 aromatic heterocycles. The predicted molar refractivity (Wildman–Crippen MR) is 48.5 cm³/mol. The molecule has 0 bridgehead atoms. The summed E-state index contributed by atoms with van der Waals surface area (Å²) in [5, 5.41) is 10.5. The van der Waals surface area contributed by atoms with Gasteiger partial charge in [-0.15, -0.1) is 0 Å². The van der Waals surface area contributed by atoms with Crippen LogP contribution in [0.4, 0.5) is 0 Å². The summed E-state index contributed by atoms with van der Waals surface area (Å²) in [4.78, 5) is 0. The van der Waals surface area contributed by atoms with E-state index in [0.717, 1.165) is 26.1 Å². The zero-order valence-corrected chi connectivity index (χ0v) is 8.16. The van der Waals surface area contributed by atoms with Crippen LogP contribution in [0, 0.1) is 11.8 Å². The molecule has 2 saturated heterocycles. The van der Waals surface area contributed by atoms with Crippen molar-refractivity contribution < 1.29 is 14.6 Å². The van der Waals surface area contributed by atoms with Crippen LogP contribution in [0.2, 0.25) is 0 Å². The van der Waals surface area contributed by atoms with Crippen LogP contribution in [-0.2, 0) is 9.47 Å². The van der Waals surface area contributed by atoms with Gasteiger partial charge in [0, 0.05) is 31.5 Å². The van der Waals surface area contributed by atoms with Crippen molar-refractivity contribution in [1.82, 2.24) is 0 Å². The lowest BCUT2D eigenvalue weighted by Crippen LogP contribution is -2.50. The molecule has 2 aliphatic heterocycles. The molecule has 3 unspecified atom stereocenters. The topological polar surface area (TPSA) is 38.7 Å². The molecule has 3 atom stereocenters. The SMILES string of the molecule is CC1COCCC1(O)C1CCOC1. The van der Waals surface area contributed by atoms with Gasteiger partial charge < -0.3 is 14.6 Å². The monoisotopic (exact) mass is 186 g/mol. The smallest absolute Gasteiger partial charge is 0.0767 e. The normalized spacial score (nSPS) is 46.6. The Labute approximate surface area is 79.0 Å². The predicted octanol–water partition coefficient (Wildman–Crippen LogP) is 0.810. The van der Waals surface area contributed by atoms with Crippen molar-refractivity contribution >= 4 is 0 Å². The third-order valence-corrected chi connectivity index (χ3v) is 3.50. The molecule has 2 fully saturated rings. The molecule has 0 spiro atoms. The summed E-state index contributed by atoms with van der Waals surface area (Å²) in [6, 6.07) is 0. The van der Waals surface area contributed by atoms with E-state index in [1.165, 1.54) is 0 Å². The number of aliphatic hydroxyl groups is 1. The fourth-order valence-electron chi connectivity index (χ4n) is 2.42. The van der Waals surface area contributed by atoms with Gasteiger partial charge >= 0.3 is 0 Å². The maximum absolute atomic E-state index is 10.5. The molecule has 2 rings (SSSR count). The van der Waals surface area contributed by atoms with Gasteiger partial charge in [0.15, 0.2) is 0 Å². The second kappa shape index (κ2) is 3.56. The lowest BCUT2D eigenvalue weighted by atomic mass is 9.74. The van der Waals surface area contributed by atoms with E-state index in [-0.39, 0.29) is 5.92 Å². The van der Waals surface area contributed by atoms with Crippen LogP contribution < -0.4 is 0 Å². The van der Waals surface area contributed by atoms with Crippen molar-refractivity contribution in [2.24, 2.45) is 11.8 Å². The highest BCUT2D eigenvalue weighted by Crippen LogP contribution is 2.37. The Morgan fingerprint density at radius 3 is 2.62 bits per heavy atom. The summed E-state index contributed by atoms with van der Waals surface area (Å²) in [6.07, 6.45) is 1.77. The molecule has 0 aromatic rings. The summed E-state index contributed by atoms with van der Waals surface area (Å²) in [7, 11) is 0. The fraction of sp³-hybridized carbons (Fsp3) is 1.00. The minimum absolute atomic E-state index is 0.243. The standard InChI is InChI=1S/C10H18O3/c1-8-6-13-5-3-10(8,11)9-2-4-12-7-9/h8-9,11H,2-7H2,1H3. The Balaban J connectivity index is 2.06. The third-order valence-electron chi connectivity index (χ3n) is 3.50. The molecule has 0 aromatic carbocycles. The van der Waals surface area contributed by atoms with E-state index in [1.807, 2.05) is 0 Å². The number of ether oxygens (including phenoxy) is 2. The van der Waals surface area contributed by atoms with E-state index in [9.17, 15) is 5.11 Å². The molecule has 0 radical (unpaired) electrons. The minimum Gasteiger partial charge on any atom is -0.389 e. The molecule has 13 heavy (non-hydrogen) atoms. The molecule has 2 heterocycles. The second-order valence-corrected chi connectivity index (χ2v) is 4.28. The molecule has 76 valence electrons. The Hall–Kier alpha value is -0.120. The quantitative estimate of drug-likeness (QED) is 0.658. The first kappa shape index (κ1) is 9.44. The summed E-state index contributed by atoms with van der Waals surface area (Å²) in [5.41, 5.74) is -0.533. The van der Waals surface area contributed by atoms with Crippen molar-refractivity contribution in [3.05, 3.63) is 0 Å². The molecule has 2 aliphatic rings. The maximum Gasteiger partial charge on any atom is 0.0767 e. The van der Waals surface area contributed by atoms with Gasteiger partial charge in [0.05, 0.1) is 18.8 Å². The van der Waals surface area contributed by atoms with E-state index in [0.29, 0.717) is 19.1 Å². The van der Waals surface area contributed by atoms with E-state index in [2.05, 4.69) is 6.92 Å². The van der Waals surface area contributed by atoms with Crippen molar-refractivity contribution in [2.75, 3.05) is 26.4 Å². The van der Waals surface area contributed by atoms with Crippen LogP contribution in [0.5, 0.6) is 0 Å². The van der Waals surface area contributed by atoms with E-state index < -0.39 is 5.60 Å². The van der Waals surface area contributed by atoms with Crippen molar-refractivity contribution in [2.45, 2.75) is 25.4 Å². The van der Waals surface area contributed by atoms with E-state index in [4.69, 9.17) is 9.47 Å². The Kier molecular flexibility index (Phi) is 2.58. The van der Waals surface area contributed by atoms with Crippen LogP contribution in [-0.4, -0.2) is 37.1 Å². The van der Waals surface area contributed by atoms with Gasteiger partial charge in [-0.1, -0.05) is 6.92 Å². The average molecular weight is 186 g/mol. The first-order valence-corrected chi connectivity index (χ1v) is 5.11. The molecular formula is C10H18O3. The van der Waals surface area contributed by atoms with Gasteiger partial charge in [-0.2, -0.15) is 0 Å². The molecule has 0 aliphatic carbocycles. The van der Waals surface area contributed by atoms with Gasteiger partial charge in [-0.3, -0.25) is 0 Å². The minimum atomic E-state index is -0.533. The Morgan fingerprint density at radius 1 is 1.23 bits per heavy atom. The van der Waals surface area contributed by atoms with Crippen LogP contribution in [0.15, 0.2) is 0 Å². The fourth-order valence-corrected chi connectivity index (χ4v) is 2.42. The highest BCUT2D eigenvalue weighted by molar-refractivity contribution is 4.94. The van der Waals surface area contributed by atoms with E-state index in [1.54, 1.807) is 0 Å². The molecule has 1 N–H and O–H groups in total. The lowest BCUT2D eigenvalue weighted by molar-refractivity contribution is -0.138. The first-order chi connectivity index (χ1) is 6.23. The van der Waals surface area contributed by atoms with Crippen LogP contribution in [0.25, 0.3) is 0 Å². The van der Waals surface area contributed by atoms with Crippen LogP contribution in [0.1, 0.15) is 19.8 Å². The average Bonchev–Trinajstić information content (AvgIpc) is 2.63. The van der Waals surface area contributed by atoms with Crippen molar-refractivity contribution in [1.29, 1.82) is 0 Å². The summed E-state index contributed by atoms with van der Waals surface area (Å²) in [5.74, 6) is 0.569. The molecule has 3 nitrogen and oxygen atoms in total. The van der Waals surface area contributed by atoms with Crippen molar-refractivity contribution in [3.63, 3.8) is 0 Å². The number of hydrogen-bond acceptors (Lipinski definition) is 3. The Bertz CT molecular complexity index is 177. The van der Waals surface area contributed by atoms with Gasteiger partial charge in [0.1, 0.15) is 0 Å². The Morgan fingerprint density at radius 2 is 2.00 bits per heavy atom. The van der Waals surface area contributed by atoms with Gasteiger partial charge in [-0.05, 0) is 6.42 Å². The molecule has 0 amide bonds. The zero-order chi connectivity index (χ0) is 9.31. The molecule has 0 saturated carbocycles. The summed E-state index contributed by atoms with van der Waals surface area (Å²) >= 11 is 0. The van der Waals surface area contributed by atoms with Crippen molar-refractivity contribution in [3.8, 4) is 0 Å². The van der Waals surface area contributed by atoms with Gasteiger partial charge in [-0.25, -0.2) is 0 Å². The highest BCUT2D eigenvalue weighted by atomic mass is 16.5. The second-order valence-electron chi connectivity index (χ2n) is 4.28. The largest absolute Gasteiger partial charge is 0.389 e. The molecular weight excluding hydrogens is 168 g/mol. The van der Waals surface area contributed by atoms with Crippen LogP contribution >= 0.6 is 0 Å². The third kappa shape index (κ3) is 1.60. The highest BCUT2D eigenvalue weighted by Gasteiger charge is 2.44. The van der Waals surface area contributed by atoms with Crippen LogP contribution in [0.3, 0.4) is 0 Å². The maximum atomic E-state index is 10.5. The number of hydrogen-bond donors (Lipinski definition) is 1. The summed E-state index contributed by atoms with van der Waals surface area (Å²) in [6.45, 7) is 4.98.